The molecule has 1 aromatic rings. The summed E-state index contributed by atoms with van der Waals surface area (Å²) in [6.45, 7) is 1.97. The highest BCUT2D eigenvalue weighted by atomic mass is 32.1. The fraction of sp³-hybridized carbons (Fsp3) is 0.588. The second-order valence-electron chi connectivity index (χ2n) is 6.51. The van der Waals surface area contributed by atoms with Gasteiger partial charge in [-0.25, -0.2) is 4.79 Å². The molecule has 1 aromatic heterocycles. The molecule has 0 radical (unpaired) electrons. The fourth-order valence-electron chi connectivity index (χ4n) is 4.19. The van der Waals surface area contributed by atoms with Gasteiger partial charge < -0.3 is 15.2 Å². The Kier molecular flexibility index (Phi) is 4.62. The quantitative estimate of drug-likeness (QED) is 0.796. The van der Waals surface area contributed by atoms with Crippen LogP contribution in [-0.4, -0.2) is 30.1 Å². The van der Waals surface area contributed by atoms with Gasteiger partial charge in [-0.05, 0) is 43.6 Å². The van der Waals surface area contributed by atoms with Crippen molar-refractivity contribution in [2.24, 2.45) is 23.7 Å². The van der Waals surface area contributed by atoms with Crippen molar-refractivity contribution in [2.45, 2.75) is 32.6 Å². The van der Waals surface area contributed by atoms with Gasteiger partial charge >= 0.3 is 11.9 Å². The lowest BCUT2D eigenvalue weighted by Crippen LogP contribution is -2.37. The smallest absolute Gasteiger partial charge is 0.340 e. The number of esters is 1. The molecule has 130 valence electrons. The Morgan fingerprint density at radius 3 is 2.54 bits per heavy atom. The first-order valence-electron chi connectivity index (χ1n) is 8.20. The summed E-state index contributed by atoms with van der Waals surface area (Å²) in [4.78, 5) is 37.2. The summed E-state index contributed by atoms with van der Waals surface area (Å²) in [7, 11) is 1.30. The van der Waals surface area contributed by atoms with Crippen LogP contribution in [0.4, 0.5) is 5.00 Å². The van der Waals surface area contributed by atoms with Crippen LogP contribution in [0.5, 0.6) is 0 Å². The third-order valence-electron chi connectivity index (χ3n) is 5.28. The Bertz CT molecular complexity index is 683. The molecule has 0 saturated heterocycles. The highest BCUT2D eigenvalue weighted by Crippen LogP contribution is 2.52. The molecule has 1 amide bonds. The number of methoxy groups -OCH3 is 1. The van der Waals surface area contributed by atoms with E-state index in [-0.39, 0.29) is 17.7 Å². The molecule has 2 bridgehead atoms. The van der Waals surface area contributed by atoms with Gasteiger partial charge in [-0.15, -0.1) is 11.3 Å². The molecule has 4 atom stereocenters. The van der Waals surface area contributed by atoms with Gasteiger partial charge in [0.05, 0.1) is 24.5 Å². The first-order valence-corrected chi connectivity index (χ1v) is 9.02. The Morgan fingerprint density at radius 1 is 1.29 bits per heavy atom. The topological polar surface area (TPSA) is 92.7 Å². The van der Waals surface area contributed by atoms with Crippen molar-refractivity contribution in [1.82, 2.24) is 0 Å². The maximum absolute atomic E-state index is 12.8. The molecule has 2 aliphatic rings. The molecule has 2 saturated carbocycles. The van der Waals surface area contributed by atoms with E-state index in [4.69, 9.17) is 4.74 Å². The number of carboxylic acid groups (broad SMARTS) is 1. The SMILES string of the molecule is CCc1cc(C(=O)OC)c(NC(=O)[C@@H]2[C@@H]3CC[C@@H](C3)[C@@H]2C(=O)O)s1. The van der Waals surface area contributed by atoms with Crippen molar-refractivity contribution in [3.63, 3.8) is 0 Å². The van der Waals surface area contributed by atoms with Crippen LogP contribution in [0.1, 0.15) is 41.4 Å². The maximum atomic E-state index is 12.8. The van der Waals surface area contributed by atoms with Gasteiger partial charge in [0.2, 0.25) is 5.91 Å². The van der Waals surface area contributed by atoms with Crippen LogP contribution in [-0.2, 0) is 20.7 Å². The molecule has 2 fully saturated rings. The van der Waals surface area contributed by atoms with Crippen LogP contribution in [0.15, 0.2) is 6.07 Å². The third kappa shape index (κ3) is 2.81. The lowest BCUT2D eigenvalue weighted by molar-refractivity contribution is -0.148. The molecule has 7 heteroatoms. The standard InChI is InChI=1S/C17H21NO5S/c1-3-10-7-11(17(22)23-2)15(24-10)18-14(19)12-8-4-5-9(6-8)13(12)16(20)21/h7-9,12-13H,3-6H2,1-2H3,(H,18,19)(H,20,21)/t8-,9+,12-,13+/m1/s1. The highest BCUT2D eigenvalue weighted by Gasteiger charge is 2.54. The van der Waals surface area contributed by atoms with Crippen LogP contribution in [0.25, 0.3) is 0 Å². The van der Waals surface area contributed by atoms with Gasteiger partial charge in [-0.1, -0.05) is 6.92 Å². The van der Waals surface area contributed by atoms with Crippen molar-refractivity contribution >= 4 is 34.2 Å². The number of fused-ring (bicyclic) bond motifs is 2. The second kappa shape index (κ2) is 6.55. The molecule has 0 aliphatic heterocycles. The van der Waals surface area contributed by atoms with E-state index in [2.05, 4.69) is 5.32 Å². The maximum Gasteiger partial charge on any atom is 0.340 e. The van der Waals surface area contributed by atoms with Gasteiger partial charge in [0.25, 0.3) is 0 Å². The monoisotopic (exact) mass is 351 g/mol. The predicted molar refractivity (Wildman–Crippen MR) is 89.1 cm³/mol. The summed E-state index contributed by atoms with van der Waals surface area (Å²) < 4.78 is 4.77. The number of aliphatic carboxylic acids is 1. The molecule has 0 aromatic carbocycles. The zero-order valence-electron chi connectivity index (χ0n) is 13.7. The predicted octanol–water partition coefficient (Wildman–Crippen LogP) is 2.78. The average molecular weight is 351 g/mol. The Labute approximate surface area is 144 Å². The van der Waals surface area contributed by atoms with Crippen LogP contribution in [0.2, 0.25) is 0 Å². The number of ether oxygens (including phenoxy) is 1. The number of carbonyl (C=O) groups excluding carboxylic acids is 2. The lowest BCUT2D eigenvalue weighted by Gasteiger charge is -2.26. The van der Waals surface area contributed by atoms with Crippen molar-refractivity contribution in [3.05, 3.63) is 16.5 Å². The zero-order chi connectivity index (χ0) is 17.4. The largest absolute Gasteiger partial charge is 0.481 e. The molecule has 1 heterocycles. The number of rotatable bonds is 5. The Balaban J connectivity index is 1.83. The number of amides is 1. The zero-order valence-corrected chi connectivity index (χ0v) is 14.5. The number of carbonyl (C=O) groups is 3. The van der Waals surface area contributed by atoms with Gasteiger partial charge in [-0.2, -0.15) is 0 Å². The molecule has 2 N–H and O–H groups in total. The minimum absolute atomic E-state index is 0.0952. The van der Waals surface area contributed by atoms with Gasteiger partial charge in [0.15, 0.2) is 0 Å². The number of hydrogen-bond acceptors (Lipinski definition) is 5. The highest BCUT2D eigenvalue weighted by molar-refractivity contribution is 7.16. The molecule has 0 spiro atoms. The van der Waals surface area contributed by atoms with Crippen molar-refractivity contribution in [2.75, 3.05) is 12.4 Å². The fourth-order valence-corrected chi connectivity index (χ4v) is 5.18. The van der Waals surface area contributed by atoms with Crippen LogP contribution < -0.4 is 5.32 Å². The summed E-state index contributed by atoms with van der Waals surface area (Å²) in [6, 6.07) is 1.72. The number of nitrogens with one attached hydrogen (secondary N) is 1. The molecule has 6 nitrogen and oxygen atoms in total. The average Bonchev–Trinajstić information content (AvgIpc) is 3.27. The third-order valence-corrected chi connectivity index (χ3v) is 6.47. The Morgan fingerprint density at radius 2 is 1.96 bits per heavy atom. The van der Waals surface area contributed by atoms with Crippen molar-refractivity contribution < 1.29 is 24.2 Å². The van der Waals surface area contributed by atoms with E-state index in [1.807, 2.05) is 6.92 Å². The molecule has 2 aliphatic carbocycles. The normalized spacial score (nSPS) is 27.9. The van der Waals surface area contributed by atoms with E-state index in [9.17, 15) is 19.5 Å². The summed E-state index contributed by atoms with van der Waals surface area (Å²) in [5.41, 5.74) is 0.336. The first kappa shape index (κ1) is 17.0. The van der Waals surface area contributed by atoms with E-state index < -0.39 is 23.8 Å². The summed E-state index contributed by atoms with van der Waals surface area (Å²) in [6.07, 6.45) is 3.35. The molecule has 0 unspecified atom stereocenters. The molecular formula is C17H21NO5S. The minimum Gasteiger partial charge on any atom is -0.481 e. The number of carboxylic acids is 1. The van der Waals surface area contributed by atoms with Crippen LogP contribution in [0.3, 0.4) is 0 Å². The van der Waals surface area contributed by atoms with E-state index in [0.717, 1.165) is 30.6 Å². The summed E-state index contributed by atoms with van der Waals surface area (Å²) in [5, 5.41) is 12.8. The number of aryl methyl sites for hydroxylation is 1. The van der Waals surface area contributed by atoms with Gasteiger partial charge in [0, 0.05) is 4.88 Å². The number of hydrogen-bond donors (Lipinski definition) is 2. The van der Waals surface area contributed by atoms with E-state index in [1.54, 1.807) is 6.07 Å². The summed E-state index contributed by atoms with van der Waals surface area (Å²) in [5.74, 6) is -2.58. The Hall–Kier alpha value is -1.89. The van der Waals surface area contributed by atoms with Crippen molar-refractivity contribution in [3.8, 4) is 0 Å². The van der Waals surface area contributed by atoms with E-state index in [1.165, 1.54) is 18.4 Å². The van der Waals surface area contributed by atoms with E-state index in [0.29, 0.717) is 10.6 Å². The number of thiophene rings is 1. The minimum atomic E-state index is -0.893. The van der Waals surface area contributed by atoms with E-state index >= 15 is 0 Å². The van der Waals surface area contributed by atoms with Crippen LogP contribution >= 0.6 is 11.3 Å². The molecule has 3 rings (SSSR count). The molecule has 24 heavy (non-hydrogen) atoms. The first-order chi connectivity index (χ1) is 11.5. The number of anilines is 1. The summed E-state index contributed by atoms with van der Waals surface area (Å²) >= 11 is 1.34. The van der Waals surface area contributed by atoms with Gasteiger partial charge in [-0.3, -0.25) is 9.59 Å². The molecular weight excluding hydrogens is 330 g/mol. The van der Waals surface area contributed by atoms with Gasteiger partial charge in [0.1, 0.15) is 5.00 Å². The lowest BCUT2D eigenvalue weighted by atomic mass is 9.79. The van der Waals surface area contributed by atoms with Crippen LogP contribution in [0, 0.1) is 23.7 Å². The second-order valence-corrected chi connectivity index (χ2v) is 7.65. The van der Waals surface area contributed by atoms with Crippen molar-refractivity contribution in [1.29, 1.82) is 0 Å².